The molecule has 0 spiro atoms. The molecule has 0 bridgehead atoms. The van der Waals surface area contributed by atoms with Gasteiger partial charge >= 0.3 is 15.5 Å². The summed E-state index contributed by atoms with van der Waals surface area (Å²) >= 11 is 0. The van der Waals surface area contributed by atoms with E-state index in [0.29, 0.717) is 6.07 Å². The second kappa shape index (κ2) is 5.16. The molecule has 0 atom stereocenters. The topological polar surface area (TPSA) is 63.2 Å². The van der Waals surface area contributed by atoms with Crippen LogP contribution in [0.15, 0.2) is 18.2 Å². The van der Waals surface area contributed by atoms with Gasteiger partial charge in [-0.05, 0) is 18.2 Å². The van der Waals surface area contributed by atoms with Gasteiger partial charge in [0.15, 0.2) is 5.78 Å². The number of Topliss-reactive ketones (excluding diaryl/α,β-unsaturated/α-hetero) is 1. The second-order valence-corrected chi connectivity index (χ2v) is 5.20. The Morgan fingerprint density at radius 2 is 1.89 bits per heavy atom. The molecule has 0 aromatic heterocycles. The molecule has 0 saturated heterocycles. The lowest BCUT2D eigenvalue weighted by Crippen LogP contribution is -2.30. The third-order valence-electron chi connectivity index (χ3n) is 2.15. The number of alkyl halides is 3. The minimum atomic E-state index is -5.61. The zero-order valence-corrected chi connectivity index (χ0v) is 10.4. The van der Waals surface area contributed by atoms with Crippen molar-refractivity contribution < 1.29 is 30.8 Å². The Balaban J connectivity index is 3.07. The van der Waals surface area contributed by atoms with Crippen molar-refractivity contribution in [2.24, 2.45) is 0 Å². The number of sulfonamides is 1. The Labute approximate surface area is 106 Å². The van der Waals surface area contributed by atoms with Crippen LogP contribution in [0.5, 0.6) is 0 Å². The average molecular weight is 299 g/mol. The number of benzene rings is 1. The SMILES string of the molecule is CCC(=O)c1ccc(NS(=O)(=O)C(F)(F)F)cc1F. The van der Waals surface area contributed by atoms with Gasteiger partial charge in [0.1, 0.15) is 5.82 Å². The van der Waals surface area contributed by atoms with Crippen LogP contribution < -0.4 is 4.72 Å². The van der Waals surface area contributed by atoms with Gasteiger partial charge in [-0.25, -0.2) is 4.39 Å². The normalized spacial score (nSPS) is 12.3. The van der Waals surface area contributed by atoms with E-state index in [1.54, 1.807) is 0 Å². The minimum Gasteiger partial charge on any atom is -0.294 e. The molecule has 1 rings (SSSR count). The van der Waals surface area contributed by atoms with Crippen LogP contribution >= 0.6 is 0 Å². The monoisotopic (exact) mass is 299 g/mol. The van der Waals surface area contributed by atoms with Crippen LogP contribution in [0.4, 0.5) is 23.2 Å². The Hall–Kier alpha value is -1.64. The first-order valence-electron chi connectivity index (χ1n) is 5.00. The predicted octanol–water partition coefficient (Wildman–Crippen LogP) is 2.68. The standard InChI is InChI=1S/C10H9F4NO3S/c1-2-9(16)7-4-3-6(5-8(7)11)15-19(17,18)10(12,13)14/h3-5,15H,2H2,1H3. The Kier molecular flexibility index (Phi) is 4.18. The Morgan fingerprint density at radius 3 is 2.32 bits per heavy atom. The van der Waals surface area contributed by atoms with Crippen molar-refractivity contribution in [2.75, 3.05) is 4.72 Å². The lowest BCUT2D eigenvalue weighted by atomic mass is 10.1. The van der Waals surface area contributed by atoms with E-state index in [2.05, 4.69) is 0 Å². The van der Waals surface area contributed by atoms with Gasteiger partial charge in [-0.2, -0.15) is 21.6 Å². The molecule has 0 radical (unpaired) electrons. The fourth-order valence-corrected chi connectivity index (χ4v) is 1.76. The van der Waals surface area contributed by atoms with Gasteiger partial charge in [-0.1, -0.05) is 6.92 Å². The van der Waals surface area contributed by atoms with Gasteiger partial charge < -0.3 is 0 Å². The molecule has 106 valence electrons. The molecule has 0 aliphatic heterocycles. The number of ketones is 1. The fourth-order valence-electron chi connectivity index (χ4n) is 1.21. The van der Waals surface area contributed by atoms with E-state index in [0.717, 1.165) is 12.1 Å². The number of hydrogen-bond donors (Lipinski definition) is 1. The van der Waals surface area contributed by atoms with E-state index in [1.165, 1.54) is 11.6 Å². The first-order valence-corrected chi connectivity index (χ1v) is 6.48. The smallest absolute Gasteiger partial charge is 0.294 e. The zero-order chi connectivity index (χ0) is 14.8. The van der Waals surface area contributed by atoms with E-state index in [9.17, 15) is 30.8 Å². The maximum absolute atomic E-state index is 13.4. The van der Waals surface area contributed by atoms with Gasteiger partial charge in [0.05, 0.1) is 11.3 Å². The summed E-state index contributed by atoms with van der Waals surface area (Å²) < 4.78 is 72.4. The van der Waals surface area contributed by atoms with Crippen molar-refractivity contribution in [1.29, 1.82) is 0 Å². The van der Waals surface area contributed by atoms with E-state index < -0.39 is 32.8 Å². The summed E-state index contributed by atoms with van der Waals surface area (Å²) in [5.41, 5.74) is -6.42. The summed E-state index contributed by atoms with van der Waals surface area (Å²) in [5.74, 6) is -1.63. The maximum Gasteiger partial charge on any atom is 0.516 e. The van der Waals surface area contributed by atoms with Crippen LogP contribution in [0.1, 0.15) is 23.7 Å². The number of hydrogen-bond acceptors (Lipinski definition) is 3. The van der Waals surface area contributed by atoms with E-state index >= 15 is 0 Å². The largest absolute Gasteiger partial charge is 0.516 e. The number of rotatable bonds is 4. The quantitative estimate of drug-likeness (QED) is 0.686. The van der Waals surface area contributed by atoms with Gasteiger partial charge in [-0.15, -0.1) is 0 Å². The number of carbonyl (C=O) groups is 1. The molecular weight excluding hydrogens is 290 g/mol. The first kappa shape index (κ1) is 15.4. The highest BCUT2D eigenvalue weighted by Gasteiger charge is 2.46. The number of carbonyl (C=O) groups excluding carboxylic acids is 1. The van der Waals surface area contributed by atoms with Crippen LogP contribution in [-0.4, -0.2) is 19.7 Å². The molecule has 19 heavy (non-hydrogen) atoms. The summed E-state index contributed by atoms with van der Waals surface area (Å²) in [6, 6.07) is 2.33. The highest BCUT2D eigenvalue weighted by atomic mass is 32.2. The summed E-state index contributed by atoms with van der Waals surface area (Å²) in [6.07, 6.45) is 0.0184. The number of anilines is 1. The number of nitrogens with one attached hydrogen (secondary N) is 1. The minimum absolute atomic E-state index is 0.0184. The third kappa shape index (κ3) is 3.43. The molecule has 1 N–H and O–H groups in total. The first-order chi connectivity index (χ1) is 8.58. The average Bonchev–Trinajstić information content (AvgIpc) is 2.26. The second-order valence-electron chi connectivity index (χ2n) is 3.52. The van der Waals surface area contributed by atoms with Crippen LogP contribution in [0.25, 0.3) is 0 Å². The summed E-state index contributed by atoms with van der Waals surface area (Å²) in [7, 11) is -5.61. The van der Waals surface area contributed by atoms with Crippen LogP contribution in [-0.2, 0) is 10.0 Å². The van der Waals surface area contributed by atoms with Crippen molar-refractivity contribution in [3.8, 4) is 0 Å². The van der Waals surface area contributed by atoms with Crippen molar-refractivity contribution in [3.05, 3.63) is 29.6 Å². The van der Waals surface area contributed by atoms with Crippen molar-refractivity contribution in [1.82, 2.24) is 0 Å². The van der Waals surface area contributed by atoms with Gasteiger partial charge in [-0.3, -0.25) is 9.52 Å². The van der Waals surface area contributed by atoms with Gasteiger partial charge in [0.2, 0.25) is 0 Å². The van der Waals surface area contributed by atoms with Crippen molar-refractivity contribution in [3.63, 3.8) is 0 Å². The molecule has 1 aromatic carbocycles. The lowest BCUT2D eigenvalue weighted by molar-refractivity contribution is -0.0429. The Bertz CT molecular complexity index is 595. The molecule has 0 heterocycles. The molecule has 0 saturated carbocycles. The summed E-state index contributed by atoms with van der Waals surface area (Å²) in [5, 5.41) is 0. The van der Waals surface area contributed by atoms with E-state index in [1.807, 2.05) is 0 Å². The van der Waals surface area contributed by atoms with Crippen LogP contribution in [0, 0.1) is 5.82 Å². The molecular formula is C10H9F4NO3S. The molecule has 0 fully saturated rings. The zero-order valence-electron chi connectivity index (χ0n) is 9.58. The van der Waals surface area contributed by atoms with E-state index in [-0.39, 0.29) is 12.0 Å². The highest BCUT2D eigenvalue weighted by molar-refractivity contribution is 7.93. The molecule has 0 aliphatic carbocycles. The molecule has 4 nitrogen and oxygen atoms in total. The van der Waals surface area contributed by atoms with E-state index in [4.69, 9.17) is 0 Å². The van der Waals surface area contributed by atoms with Gasteiger partial charge in [0, 0.05) is 6.42 Å². The molecule has 0 aliphatic rings. The summed E-state index contributed by atoms with van der Waals surface area (Å²) in [4.78, 5) is 11.2. The van der Waals surface area contributed by atoms with Crippen LogP contribution in [0.2, 0.25) is 0 Å². The molecule has 9 heteroatoms. The summed E-state index contributed by atoms with van der Waals surface area (Å²) in [6.45, 7) is 1.49. The maximum atomic E-state index is 13.4. The van der Waals surface area contributed by atoms with Crippen molar-refractivity contribution >= 4 is 21.5 Å². The third-order valence-corrected chi connectivity index (χ3v) is 3.26. The predicted molar refractivity (Wildman–Crippen MR) is 59.6 cm³/mol. The molecule has 0 unspecified atom stereocenters. The van der Waals surface area contributed by atoms with Crippen molar-refractivity contribution in [2.45, 2.75) is 18.9 Å². The highest BCUT2D eigenvalue weighted by Crippen LogP contribution is 2.26. The Morgan fingerprint density at radius 1 is 1.32 bits per heavy atom. The molecule has 0 amide bonds. The number of halogens is 4. The van der Waals surface area contributed by atoms with Crippen LogP contribution in [0.3, 0.4) is 0 Å². The lowest BCUT2D eigenvalue weighted by Gasteiger charge is -2.11. The van der Waals surface area contributed by atoms with Gasteiger partial charge in [0.25, 0.3) is 0 Å². The fraction of sp³-hybridized carbons (Fsp3) is 0.300. The molecule has 1 aromatic rings.